The average Bonchev–Trinajstić information content (AvgIpc) is 3.12. The van der Waals surface area contributed by atoms with E-state index in [-0.39, 0.29) is 0 Å². The molecule has 6 aromatic rings. The summed E-state index contributed by atoms with van der Waals surface area (Å²) in [7, 11) is 0. The molecule has 0 heterocycles. The SMILES string of the molecule is CCC(C)c1cccc(C(C)CC)c1-c1cc2c3ccccc3c(-c3c(C(C)CC)cccc3C(C)CC)cc2c2ccccc12. The van der Waals surface area contributed by atoms with Gasteiger partial charge in [-0.15, -0.1) is 0 Å². The average molecular weight is 605 g/mol. The molecule has 46 heavy (non-hydrogen) atoms. The molecule has 0 saturated carbocycles. The van der Waals surface area contributed by atoms with Crippen LogP contribution in [0.2, 0.25) is 0 Å². The summed E-state index contributed by atoms with van der Waals surface area (Å²) >= 11 is 0. The third-order valence-electron chi connectivity index (χ3n) is 11.3. The third-order valence-corrected chi connectivity index (χ3v) is 11.3. The van der Waals surface area contributed by atoms with Gasteiger partial charge in [0.2, 0.25) is 0 Å². The van der Waals surface area contributed by atoms with Crippen molar-refractivity contribution in [3.05, 3.63) is 119 Å². The van der Waals surface area contributed by atoms with Gasteiger partial charge in [-0.3, -0.25) is 0 Å². The van der Waals surface area contributed by atoms with E-state index < -0.39 is 0 Å². The molecule has 0 saturated heterocycles. The fraction of sp³-hybridized carbons (Fsp3) is 0.348. The predicted octanol–water partition coefficient (Wildman–Crippen LogP) is 14.5. The van der Waals surface area contributed by atoms with Crippen LogP contribution in [0.5, 0.6) is 0 Å². The van der Waals surface area contributed by atoms with Crippen LogP contribution < -0.4 is 0 Å². The van der Waals surface area contributed by atoms with Gasteiger partial charge in [-0.2, -0.15) is 0 Å². The normalized spacial score (nSPS) is 14.5. The van der Waals surface area contributed by atoms with E-state index in [1.807, 2.05) is 0 Å². The van der Waals surface area contributed by atoms with E-state index in [1.54, 1.807) is 0 Å². The molecule has 4 atom stereocenters. The highest BCUT2D eigenvalue weighted by Gasteiger charge is 2.24. The van der Waals surface area contributed by atoms with Crippen molar-refractivity contribution in [2.24, 2.45) is 0 Å². The highest BCUT2D eigenvalue weighted by Crippen LogP contribution is 2.48. The van der Waals surface area contributed by atoms with E-state index in [0.717, 1.165) is 25.7 Å². The molecular formula is C46H52. The van der Waals surface area contributed by atoms with Gasteiger partial charge in [0, 0.05) is 0 Å². The molecular weight excluding hydrogens is 553 g/mol. The summed E-state index contributed by atoms with van der Waals surface area (Å²) in [5, 5.41) is 8.12. The Hall–Kier alpha value is -3.90. The second kappa shape index (κ2) is 13.4. The Morgan fingerprint density at radius 1 is 0.348 bits per heavy atom. The Bertz CT molecular complexity index is 1800. The van der Waals surface area contributed by atoms with Crippen molar-refractivity contribution in [1.82, 2.24) is 0 Å². The monoisotopic (exact) mass is 604 g/mol. The minimum Gasteiger partial charge on any atom is -0.0648 e. The van der Waals surface area contributed by atoms with E-state index in [1.165, 1.54) is 76.8 Å². The zero-order valence-corrected chi connectivity index (χ0v) is 29.4. The van der Waals surface area contributed by atoms with Gasteiger partial charge in [0.25, 0.3) is 0 Å². The Balaban J connectivity index is 1.79. The van der Waals surface area contributed by atoms with E-state index >= 15 is 0 Å². The smallest absolute Gasteiger partial charge is 0.00923 e. The lowest BCUT2D eigenvalue weighted by atomic mass is 9.78. The summed E-state index contributed by atoms with van der Waals surface area (Å²) in [5.41, 5.74) is 11.6. The van der Waals surface area contributed by atoms with Crippen molar-refractivity contribution in [2.45, 2.75) is 105 Å². The number of benzene rings is 6. The van der Waals surface area contributed by atoms with Crippen LogP contribution in [0.3, 0.4) is 0 Å². The van der Waals surface area contributed by atoms with Crippen molar-refractivity contribution in [2.75, 3.05) is 0 Å². The number of hydrogen-bond donors (Lipinski definition) is 0. The lowest BCUT2D eigenvalue weighted by molar-refractivity contribution is 0.714. The lowest BCUT2D eigenvalue weighted by Gasteiger charge is -2.25. The quantitative estimate of drug-likeness (QED) is 0.136. The van der Waals surface area contributed by atoms with Gasteiger partial charge >= 0.3 is 0 Å². The number of rotatable bonds is 10. The van der Waals surface area contributed by atoms with Gasteiger partial charge in [-0.05, 0) is 138 Å². The summed E-state index contributed by atoms with van der Waals surface area (Å²) in [4.78, 5) is 0. The van der Waals surface area contributed by atoms with Gasteiger partial charge < -0.3 is 0 Å². The molecule has 0 fully saturated rings. The van der Waals surface area contributed by atoms with Crippen molar-refractivity contribution < 1.29 is 0 Å². The molecule has 4 unspecified atom stereocenters. The highest BCUT2D eigenvalue weighted by atomic mass is 14.3. The summed E-state index contributed by atoms with van der Waals surface area (Å²) in [6, 6.07) is 37.6. The van der Waals surface area contributed by atoms with Crippen LogP contribution in [0.4, 0.5) is 0 Å². The Kier molecular flexibility index (Phi) is 9.37. The van der Waals surface area contributed by atoms with Crippen LogP contribution in [-0.2, 0) is 0 Å². The second-order valence-electron chi connectivity index (χ2n) is 13.9. The molecule has 0 nitrogen and oxygen atoms in total. The molecule has 0 radical (unpaired) electrons. The van der Waals surface area contributed by atoms with Crippen LogP contribution in [0.1, 0.15) is 127 Å². The van der Waals surface area contributed by atoms with Crippen molar-refractivity contribution in [3.8, 4) is 22.3 Å². The molecule has 0 amide bonds. The second-order valence-corrected chi connectivity index (χ2v) is 13.9. The Morgan fingerprint density at radius 3 is 0.913 bits per heavy atom. The van der Waals surface area contributed by atoms with E-state index in [2.05, 4.69) is 152 Å². The number of fused-ring (bicyclic) bond motifs is 5. The van der Waals surface area contributed by atoms with E-state index in [4.69, 9.17) is 0 Å². The summed E-state index contributed by atoms with van der Waals surface area (Å²) < 4.78 is 0. The van der Waals surface area contributed by atoms with Crippen LogP contribution >= 0.6 is 0 Å². The van der Waals surface area contributed by atoms with Gasteiger partial charge in [-0.25, -0.2) is 0 Å². The van der Waals surface area contributed by atoms with Crippen molar-refractivity contribution >= 4 is 32.3 Å². The highest BCUT2D eigenvalue weighted by molar-refractivity contribution is 6.24. The van der Waals surface area contributed by atoms with Crippen LogP contribution in [0.15, 0.2) is 97.1 Å². The molecule has 236 valence electrons. The van der Waals surface area contributed by atoms with Gasteiger partial charge in [0.05, 0.1) is 0 Å². The summed E-state index contributed by atoms with van der Waals surface area (Å²) in [5.74, 6) is 1.96. The minimum atomic E-state index is 0.489. The molecule has 0 N–H and O–H groups in total. The van der Waals surface area contributed by atoms with Crippen LogP contribution in [0, 0.1) is 0 Å². The van der Waals surface area contributed by atoms with Crippen LogP contribution in [-0.4, -0.2) is 0 Å². The predicted molar refractivity (Wildman–Crippen MR) is 205 cm³/mol. The van der Waals surface area contributed by atoms with Crippen molar-refractivity contribution in [3.63, 3.8) is 0 Å². The summed E-state index contributed by atoms with van der Waals surface area (Å²) in [6.07, 6.45) is 4.51. The first-order chi connectivity index (χ1) is 22.3. The summed E-state index contributed by atoms with van der Waals surface area (Å²) in [6.45, 7) is 18.9. The molecule has 6 aromatic carbocycles. The maximum atomic E-state index is 2.55. The van der Waals surface area contributed by atoms with Crippen LogP contribution in [0.25, 0.3) is 54.6 Å². The zero-order chi connectivity index (χ0) is 32.5. The topological polar surface area (TPSA) is 0 Å². The third kappa shape index (κ3) is 5.45. The number of hydrogen-bond acceptors (Lipinski definition) is 0. The molecule has 6 rings (SSSR count). The standard InChI is InChI=1S/C46H52/c1-9-29(5)33-23-17-24-34(30(6)10-2)45(33)43-27-41-38-20-14-16-22-40(38)44(28-42(41)37-19-13-15-21-39(37)43)46-35(31(7)11-3)25-18-26-36(46)32(8)12-4/h13-32H,9-12H2,1-8H3. The van der Waals surface area contributed by atoms with E-state index in [9.17, 15) is 0 Å². The maximum absolute atomic E-state index is 2.55. The van der Waals surface area contributed by atoms with Gasteiger partial charge in [-0.1, -0.05) is 140 Å². The fourth-order valence-electron chi connectivity index (χ4n) is 7.69. The van der Waals surface area contributed by atoms with E-state index in [0.29, 0.717) is 23.7 Å². The lowest BCUT2D eigenvalue weighted by Crippen LogP contribution is -2.04. The molecule has 0 spiro atoms. The molecule has 0 heteroatoms. The largest absolute Gasteiger partial charge is 0.0648 e. The van der Waals surface area contributed by atoms with Crippen molar-refractivity contribution in [1.29, 1.82) is 0 Å². The molecule has 0 aliphatic heterocycles. The van der Waals surface area contributed by atoms with Gasteiger partial charge in [0.15, 0.2) is 0 Å². The fourth-order valence-corrected chi connectivity index (χ4v) is 7.69. The molecule has 0 aromatic heterocycles. The first-order valence-electron chi connectivity index (χ1n) is 18.0. The molecule has 0 aliphatic carbocycles. The maximum Gasteiger partial charge on any atom is -0.00923 e. The molecule has 0 aliphatic rings. The Labute approximate surface area is 277 Å². The first kappa shape index (κ1) is 32.1. The zero-order valence-electron chi connectivity index (χ0n) is 29.4. The molecule has 0 bridgehead atoms. The first-order valence-corrected chi connectivity index (χ1v) is 18.0. The minimum absolute atomic E-state index is 0.489. The Morgan fingerprint density at radius 2 is 0.630 bits per heavy atom. The van der Waals surface area contributed by atoms with Gasteiger partial charge in [0.1, 0.15) is 0 Å².